The summed E-state index contributed by atoms with van der Waals surface area (Å²) in [6, 6.07) is 6.29. The maximum Gasteiger partial charge on any atom is 0.573 e. The first-order chi connectivity index (χ1) is 16.2. The minimum absolute atomic E-state index is 0.0552. The van der Waals surface area contributed by atoms with Crippen LogP contribution in [0.5, 0.6) is 11.5 Å². The number of nitrogens with one attached hydrogen (secondary N) is 2. The summed E-state index contributed by atoms with van der Waals surface area (Å²) in [6.45, 7) is 3.81. The number of halogens is 3. The summed E-state index contributed by atoms with van der Waals surface area (Å²) in [6.07, 6.45) is -3.69. The Balaban J connectivity index is 1.98. The summed E-state index contributed by atoms with van der Waals surface area (Å²) in [5.41, 5.74) is 0.138. The SMILES string of the molecule is CNS(=O)(=O)c1cc(-c2cc(/C=C3\SC(=O)NC3=O)ccc2OC(F)(F)F)c2c(c1)C(C)(C)CO2. The minimum Gasteiger partial charge on any atom is -0.492 e. The van der Waals surface area contributed by atoms with Gasteiger partial charge in [-0.25, -0.2) is 13.1 Å². The zero-order chi connectivity index (χ0) is 25.8. The minimum atomic E-state index is -5.03. The summed E-state index contributed by atoms with van der Waals surface area (Å²) in [7, 11) is -2.74. The van der Waals surface area contributed by atoms with Crippen LogP contribution in [0.3, 0.4) is 0 Å². The largest absolute Gasteiger partial charge is 0.573 e. The number of imide groups is 1. The Labute approximate surface area is 202 Å². The Bertz CT molecular complexity index is 1380. The number of sulfonamides is 1. The molecular weight excluding hydrogens is 509 g/mol. The second-order valence-corrected chi connectivity index (χ2v) is 11.3. The van der Waals surface area contributed by atoms with Crippen molar-refractivity contribution in [2.45, 2.75) is 30.5 Å². The molecular formula is C22H19F3N2O6S2. The fourth-order valence-electron chi connectivity index (χ4n) is 3.70. The van der Waals surface area contributed by atoms with Gasteiger partial charge in [-0.3, -0.25) is 14.9 Å². The smallest absolute Gasteiger partial charge is 0.492 e. The number of ether oxygens (including phenoxy) is 2. The van der Waals surface area contributed by atoms with E-state index in [2.05, 4.69) is 14.8 Å². The molecule has 186 valence electrons. The average molecular weight is 529 g/mol. The molecule has 2 heterocycles. The van der Waals surface area contributed by atoms with Crippen molar-refractivity contribution in [2.75, 3.05) is 13.7 Å². The quantitative estimate of drug-likeness (QED) is 0.561. The highest BCUT2D eigenvalue weighted by Crippen LogP contribution is 2.49. The van der Waals surface area contributed by atoms with Crippen molar-refractivity contribution < 1.29 is 40.7 Å². The first-order valence-electron chi connectivity index (χ1n) is 10.1. The van der Waals surface area contributed by atoms with E-state index in [9.17, 15) is 31.2 Å². The van der Waals surface area contributed by atoms with Gasteiger partial charge in [0.25, 0.3) is 11.1 Å². The van der Waals surface area contributed by atoms with Gasteiger partial charge in [-0.2, -0.15) is 0 Å². The predicted molar refractivity (Wildman–Crippen MR) is 122 cm³/mol. The van der Waals surface area contributed by atoms with E-state index >= 15 is 0 Å². The van der Waals surface area contributed by atoms with Crippen LogP contribution in [-0.4, -0.2) is 39.6 Å². The van der Waals surface area contributed by atoms with Crippen LogP contribution >= 0.6 is 11.8 Å². The molecule has 1 saturated heterocycles. The van der Waals surface area contributed by atoms with Gasteiger partial charge in [0.2, 0.25) is 10.0 Å². The normalized spacial score (nSPS) is 18.4. The molecule has 0 aliphatic carbocycles. The van der Waals surface area contributed by atoms with E-state index in [0.29, 0.717) is 17.3 Å². The summed E-state index contributed by atoms with van der Waals surface area (Å²) >= 11 is 0.651. The van der Waals surface area contributed by atoms with Crippen LogP contribution in [0.4, 0.5) is 18.0 Å². The molecule has 0 atom stereocenters. The van der Waals surface area contributed by atoms with Crippen molar-refractivity contribution in [2.24, 2.45) is 0 Å². The molecule has 0 unspecified atom stereocenters. The lowest BCUT2D eigenvalue weighted by molar-refractivity contribution is -0.274. The third-order valence-corrected chi connectivity index (χ3v) is 7.61. The number of hydrogen-bond donors (Lipinski definition) is 2. The van der Waals surface area contributed by atoms with Gasteiger partial charge in [-0.15, -0.1) is 13.2 Å². The van der Waals surface area contributed by atoms with Crippen molar-refractivity contribution in [1.29, 1.82) is 0 Å². The van der Waals surface area contributed by atoms with E-state index in [1.165, 1.54) is 37.4 Å². The molecule has 8 nitrogen and oxygen atoms in total. The summed E-state index contributed by atoms with van der Waals surface area (Å²) in [5, 5.41) is 1.53. The molecule has 0 bridgehead atoms. The molecule has 2 aliphatic heterocycles. The number of alkyl halides is 3. The first kappa shape index (κ1) is 25.1. The van der Waals surface area contributed by atoms with Crippen LogP contribution < -0.4 is 19.5 Å². The lowest BCUT2D eigenvalue weighted by Gasteiger charge is -2.19. The third kappa shape index (κ3) is 5.02. The summed E-state index contributed by atoms with van der Waals surface area (Å²) in [5.74, 6) is -0.996. The van der Waals surface area contributed by atoms with E-state index < -0.39 is 38.7 Å². The number of rotatable bonds is 5. The van der Waals surface area contributed by atoms with Crippen molar-refractivity contribution in [3.05, 3.63) is 46.4 Å². The molecule has 35 heavy (non-hydrogen) atoms. The second kappa shape index (κ2) is 8.57. The van der Waals surface area contributed by atoms with Gasteiger partial charge < -0.3 is 9.47 Å². The highest BCUT2D eigenvalue weighted by molar-refractivity contribution is 8.18. The number of amides is 2. The van der Waals surface area contributed by atoms with Gasteiger partial charge in [0.1, 0.15) is 11.5 Å². The van der Waals surface area contributed by atoms with Gasteiger partial charge in [0.15, 0.2) is 0 Å². The average Bonchev–Trinajstić information content (AvgIpc) is 3.24. The van der Waals surface area contributed by atoms with E-state index in [1.807, 2.05) is 13.8 Å². The maximum atomic E-state index is 13.2. The van der Waals surface area contributed by atoms with Gasteiger partial charge in [-0.1, -0.05) is 19.9 Å². The van der Waals surface area contributed by atoms with Crippen molar-refractivity contribution in [3.63, 3.8) is 0 Å². The second-order valence-electron chi connectivity index (χ2n) is 8.38. The lowest BCUT2D eigenvalue weighted by Crippen LogP contribution is -2.21. The van der Waals surface area contributed by atoms with Crippen LogP contribution in [0, 0.1) is 0 Å². The van der Waals surface area contributed by atoms with Crippen molar-refractivity contribution in [3.8, 4) is 22.6 Å². The molecule has 0 spiro atoms. The topological polar surface area (TPSA) is 111 Å². The van der Waals surface area contributed by atoms with Gasteiger partial charge in [0, 0.05) is 22.1 Å². The fourth-order valence-corrected chi connectivity index (χ4v) is 5.16. The number of carbonyl (C=O) groups excluding carboxylic acids is 2. The van der Waals surface area contributed by atoms with Crippen LogP contribution in [0.15, 0.2) is 40.1 Å². The molecule has 0 aromatic heterocycles. The summed E-state index contributed by atoms with van der Waals surface area (Å²) < 4.78 is 77.1. The van der Waals surface area contributed by atoms with E-state index in [1.54, 1.807) is 0 Å². The Morgan fingerprint density at radius 2 is 1.89 bits per heavy atom. The predicted octanol–water partition coefficient (Wildman–Crippen LogP) is 4.15. The van der Waals surface area contributed by atoms with E-state index in [-0.39, 0.29) is 38.8 Å². The Morgan fingerprint density at radius 3 is 2.49 bits per heavy atom. The molecule has 1 fully saturated rings. The molecule has 2 amide bonds. The zero-order valence-corrected chi connectivity index (χ0v) is 20.2. The highest BCUT2D eigenvalue weighted by Gasteiger charge is 2.38. The number of fused-ring (bicyclic) bond motifs is 1. The lowest BCUT2D eigenvalue weighted by atomic mass is 9.85. The van der Waals surface area contributed by atoms with Crippen LogP contribution in [0.2, 0.25) is 0 Å². The fraction of sp³-hybridized carbons (Fsp3) is 0.273. The van der Waals surface area contributed by atoms with Crippen LogP contribution in [-0.2, 0) is 20.2 Å². The number of hydrogen-bond acceptors (Lipinski definition) is 7. The standard InChI is InChI=1S/C22H19F3N2O6S2/c1-21(2)10-32-18-14(8-12(9-15(18)21)35(30,31)26-3)13-6-11(4-5-16(13)33-22(23,24)25)7-17-19(28)27-20(29)34-17/h4-9,26H,10H2,1-3H3,(H,27,28,29)/b17-7-. The monoisotopic (exact) mass is 528 g/mol. The molecule has 0 saturated carbocycles. The molecule has 13 heteroatoms. The van der Waals surface area contributed by atoms with Gasteiger partial charge >= 0.3 is 6.36 Å². The Kier molecular flexibility index (Phi) is 6.14. The number of carbonyl (C=O) groups is 2. The molecule has 0 radical (unpaired) electrons. The maximum absolute atomic E-state index is 13.2. The van der Waals surface area contributed by atoms with Gasteiger partial charge in [-0.05, 0) is 54.7 Å². The zero-order valence-electron chi connectivity index (χ0n) is 18.6. The van der Waals surface area contributed by atoms with Crippen molar-refractivity contribution >= 4 is 39.0 Å². The molecule has 2 aromatic rings. The molecule has 4 rings (SSSR count). The molecule has 2 aliphatic rings. The molecule has 2 aromatic carbocycles. The third-order valence-electron chi connectivity index (χ3n) is 5.41. The molecule has 2 N–H and O–H groups in total. The van der Waals surface area contributed by atoms with Crippen LogP contribution in [0.1, 0.15) is 25.0 Å². The number of benzene rings is 2. The summed E-state index contributed by atoms with van der Waals surface area (Å²) in [4.78, 5) is 23.3. The number of thioether (sulfide) groups is 1. The van der Waals surface area contributed by atoms with E-state index in [4.69, 9.17) is 4.74 Å². The first-order valence-corrected chi connectivity index (χ1v) is 12.4. The van der Waals surface area contributed by atoms with Crippen LogP contribution in [0.25, 0.3) is 17.2 Å². The van der Waals surface area contributed by atoms with Gasteiger partial charge in [0.05, 0.1) is 16.4 Å². The van der Waals surface area contributed by atoms with E-state index in [0.717, 1.165) is 6.07 Å². The van der Waals surface area contributed by atoms with Crippen molar-refractivity contribution in [1.82, 2.24) is 10.0 Å². The highest BCUT2D eigenvalue weighted by atomic mass is 32.2. The Morgan fingerprint density at radius 1 is 1.17 bits per heavy atom. The Hall–Kier alpha value is -3.03.